The Morgan fingerprint density at radius 3 is 2.90 bits per heavy atom. The number of amides is 1. The average Bonchev–Trinajstić information content (AvgIpc) is 3.39. The molecule has 0 aromatic carbocycles. The van der Waals surface area contributed by atoms with Crippen LogP contribution in [0, 0.1) is 0 Å². The molecule has 2 aliphatic heterocycles. The molecule has 1 amide bonds. The molecule has 8 nitrogen and oxygen atoms in total. The van der Waals surface area contributed by atoms with Crippen molar-refractivity contribution < 1.29 is 18.7 Å². The number of rotatable bonds is 6. The SMILES string of the molecule is CC(C)(C)OC(=O)N1CCCC(NC(=NCC2CCCO2)NCCc2ccco2)C1. The quantitative estimate of drug-likeness (QED) is 0.543. The highest BCUT2D eigenvalue weighted by atomic mass is 16.6. The molecular formula is C22H36N4O4. The molecule has 2 N–H and O–H groups in total. The Balaban J connectivity index is 1.54. The van der Waals surface area contributed by atoms with Gasteiger partial charge in [-0.05, 0) is 58.6 Å². The Morgan fingerprint density at radius 1 is 1.33 bits per heavy atom. The van der Waals surface area contributed by atoms with Gasteiger partial charge in [-0.3, -0.25) is 4.99 Å². The number of aliphatic imine (C=N–C) groups is 1. The molecule has 0 bridgehead atoms. The van der Waals surface area contributed by atoms with E-state index in [4.69, 9.17) is 18.9 Å². The molecule has 2 fully saturated rings. The molecule has 1 aromatic heterocycles. The van der Waals surface area contributed by atoms with Crippen molar-refractivity contribution >= 4 is 12.1 Å². The lowest BCUT2D eigenvalue weighted by Crippen LogP contribution is -2.53. The first-order valence-corrected chi connectivity index (χ1v) is 11.1. The maximum absolute atomic E-state index is 12.5. The summed E-state index contributed by atoms with van der Waals surface area (Å²) in [5.74, 6) is 1.70. The molecule has 0 spiro atoms. The van der Waals surface area contributed by atoms with Gasteiger partial charge in [-0.15, -0.1) is 0 Å². The molecule has 2 aliphatic rings. The second kappa shape index (κ2) is 10.7. The minimum Gasteiger partial charge on any atom is -0.469 e. The van der Waals surface area contributed by atoms with Crippen LogP contribution in [0.3, 0.4) is 0 Å². The van der Waals surface area contributed by atoms with E-state index < -0.39 is 5.60 Å². The zero-order valence-electron chi connectivity index (χ0n) is 18.5. The molecule has 0 radical (unpaired) electrons. The molecule has 0 saturated carbocycles. The first-order valence-electron chi connectivity index (χ1n) is 11.1. The summed E-state index contributed by atoms with van der Waals surface area (Å²) in [6.45, 7) is 9.18. The summed E-state index contributed by atoms with van der Waals surface area (Å²) in [5.41, 5.74) is -0.487. The summed E-state index contributed by atoms with van der Waals surface area (Å²) in [6.07, 6.45) is 6.48. The maximum atomic E-state index is 12.5. The molecule has 0 aliphatic carbocycles. The van der Waals surface area contributed by atoms with Crippen molar-refractivity contribution in [2.45, 2.75) is 70.6 Å². The minimum atomic E-state index is -0.487. The third-order valence-corrected chi connectivity index (χ3v) is 5.13. The van der Waals surface area contributed by atoms with Crippen LogP contribution in [0.1, 0.15) is 52.2 Å². The number of hydrogen-bond donors (Lipinski definition) is 2. The minimum absolute atomic E-state index is 0.130. The first kappa shape index (κ1) is 22.5. The standard InChI is InChI=1S/C22H36N4O4/c1-22(2,3)30-21(27)26-12-4-7-17(16-26)25-20(24-15-19-9-6-14-29-19)23-11-10-18-8-5-13-28-18/h5,8,13,17,19H,4,6-7,9-12,14-16H2,1-3H3,(H2,23,24,25). The van der Waals surface area contributed by atoms with E-state index in [0.29, 0.717) is 19.6 Å². The van der Waals surface area contributed by atoms with E-state index in [-0.39, 0.29) is 18.2 Å². The van der Waals surface area contributed by atoms with E-state index in [1.807, 2.05) is 32.9 Å². The van der Waals surface area contributed by atoms with Crippen molar-refractivity contribution in [3.05, 3.63) is 24.2 Å². The summed E-state index contributed by atoms with van der Waals surface area (Å²) in [6, 6.07) is 4.00. The number of carbonyl (C=O) groups excluding carboxylic acids is 1. The highest BCUT2D eigenvalue weighted by molar-refractivity contribution is 5.80. The Morgan fingerprint density at radius 2 is 2.20 bits per heavy atom. The van der Waals surface area contributed by atoms with Crippen LogP contribution in [0.25, 0.3) is 0 Å². The molecule has 2 saturated heterocycles. The van der Waals surface area contributed by atoms with Gasteiger partial charge < -0.3 is 29.4 Å². The van der Waals surface area contributed by atoms with Crippen molar-refractivity contribution in [1.29, 1.82) is 0 Å². The first-order chi connectivity index (χ1) is 14.4. The van der Waals surface area contributed by atoms with Crippen LogP contribution in [0.5, 0.6) is 0 Å². The number of hydrogen-bond acceptors (Lipinski definition) is 5. The van der Waals surface area contributed by atoms with Crippen LogP contribution in [0.15, 0.2) is 27.8 Å². The Bertz CT molecular complexity index is 678. The van der Waals surface area contributed by atoms with Crippen molar-refractivity contribution in [3.63, 3.8) is 0 Å². The third-order valence-electron chi connectivity index (χ3n) is 5.13. The maximum Gasteiger partial charge on any atom is 0.410 e. The number of carbonyl (C=O) groups is 1. The largest absolute Gasteiger partial charge is 0.469 e. The lowest BCUT2D eigenvalue weighted by molar-refractivity contribution is 0.0193. The molecular weight excluding hydrogens is 384 g/mol. The van der Waals surface area contributed by atoms with E-state index >= 15 is 0 Å². The van der Waals surface area contributed by atoms with Gasteiger partial charge in [0.2, 0.25) is 0 Å². The second-order valence-corrected chi connectivity index (χ2v) is 8.99. The molecule has 2 unspecified atom stereocenters. The van der Waals surface area contributed by atoms with Crippen LogP contribution >= 0.6 is 0 Å². The van der Waals surface area contributed by atoms with Gasteiger partial charge >= 0.3 is 6.09 Å². The Kier molecular flexibility index (Phi) is 8.01. The highest BCUT2D eigenvalue weighted by Crippen LogP contribution is 2.16. The molecule has 3 rings (SSSR count). The van der Waals surface area contributed by atoms with E-state index in [1.165, 1.54) is 0 Å². The van der Waals surface area contributed by atoms with Gasteiger partial charge in [-0.1, -0.05) is 0 Å². The number of nitrogens with one attached hydrogen (secondary N) is 2. The highest BCUT2D eigenvalue weighted by Gasteiger charge is 2.28. The fourth-order valence-corrected chi connectivity index (χ4v) is 3.67. The van der Waals surface area contributed by atoms with Gasteiger partial charge in [0.15, 0.2) is 5.96 Å². The smallest absolute Gasteiger partial charge is 0.410 e. The Hall–Kier alpha value is -2.22. The van der Waals surface area contributed by atoms with Crippen LogP contribution in [-0.2, 0) is 15.9 Å². The van der Waals surface area contributed by atoms with Crippen molar-refractivity contribution in [1.82, 2.24) is 15.5 Å². The third kappa shape index (κ3) is 7.55. The van der Waals surface area contributed by atoms with E-state index in [0.717, 1.165) is 57.0 Å². The summed E-state index contributed by atoms with van der Waals surface area (Å²) in [7, 11) is 0. The fourth-order valence-electron chi connectivity index (χ4n) is 3.67. The Labute approximate surface area is 179 Å². The molecule has 30 heavy (non-hydrogen) atoms. The van der Waals surface area contributed by atoms with Crippen LogP contribution in [-0.4, -0.2) is 67.5 Å². The lowest BCUT2D eigenvalue weighted by atomic mass is 10.1. The van der Waals surface area contributed by atoms with Gasteiger partial charge in [-0.2, -0.15) is 0 Å². The molecule has 8 heteroatoms. The predicted molar refractivity (Wildman–Crippen MR) is 116 cm³/mol. The number of piperidine rings is 1. The van der Waals surface area contributed by atoms with Crippen molar-refractivity contribution in [2.24, 2.45) is 4.99 Å². The average molecular weight is 421 g/mol. The zero-order chi connectivity index (χ0) is 21.4. The zero-order valence-corrected chi connectivity index (χ0v) is 18.5. The van der Waals surface area contributed by atoms with Gasteiger partial charge in [0, 0.05) is 38.7 Å². The van der Waals surface area contributed by atoms with Gasteiger partial charge in [0.1, 0.15) is 11.4 Å². The van der Waals surface area contributed by atoms with Crippen LogP contribution in [0.2, 0.25) is 0 Å². The molecule has 3 heterocycles. The fraction of sp³-hybridized carbons (Fsp3) is 0.727. The molecule has 1 aromatic rings. The topological polar surface area (TPSA) is 88.3 Å². The van der Waals surface area contributed by atoms with E-state index in [9.17, 15) is 4.79 Å². The number of furan rings is 1. The monoisotopic (exact) mass is 420 g/mol. The van der Waals surface area contributed by atoms with Crippen LogP contribution in [0.4, 0.5) is 4.79 Å². The predicted octanol–water partition coefficient (Wildman–Crippen LogP) is 2.94. The number of ether oxygens (including phenoxy) is 2. The molecule has 168 valence electrons. The summed E-state index contributed by atoms with van der Waals surface area (Å²) < 4.78 is 16.7. The number of likely N-dealkylation sites (tertiary alicyclic amines) is 1. The molecule has 2 atom stereocenters. The van der Waals surface area contributed by atoms with Gasteiger partial charge in [0.05, 0.1) is 18.9 Å². The van der Waals surface area contributed by atoms with Crippen molar-refractivity contribution in [3.8, 4) is 0 Å². The number of nitrogens with zero attached hydrogens (tertiary/aromatic N) is 2. The number of guanidine groups is 1. The van der Waals surface area contributed by atoms with Gasteiger partial charge in [0.25, 0.3) is 0 Å². The van der Waals surface area contributed by atoms with E-state index in [1.54, 1.807) is 11.2 Å². The normalized spacial score (nSPS) is 22.8. The van der Waals surface area contributed by atoms with E-state index in [2.05, 4.69) is 10.6 Å². The summed E-state index contributed by atoms with van der Waals surface area (Å²) in [5, 5.41) is 6.91. The second-order valence-electron chi connectivity index (χ2n) is 8.99. The lowest BCUT2D eigenvalue weighted by Gasteiger charge is -2.35. The van der Waals surface area contributed by atoms with Crippen molar-refractivity contribution in [2.75, 3.05) is 32.8 Å². The summed E-state index contributed by atoms with van der Waals surface area (Å²) >= 11 is 0. The van der Waals surface area contributed by atoms with Crippen LogP contribution < -0.4 is 10.6 Å². The van der Waals surface area contributed by atoms with Gasteiger partial charge in [-0.25, -0.2) is 4.79 Å². The summed E-state index contributed by atoms with van der Waals surface area (Å²) in [4.78, 5) is 19.0.